The number of benzene rings is 3. The lowest BCUT2D eigenvalue weighted by atomic mass is 9.85. The first-order chi connectivity index (χ1) is 16.3. The topological polar surface area (TPSA) is 93.1 Å². The number of rotatable bonds is 10. The molecule has 3 rings (SSSR count). The number of hydrogen-bond acceptors (Lipinski definition) is 6. The van der Waals surface area contributed by atoms with Gasteiger partial charge in [0.25, 0.3) is 0 Å². The maximum absolute atomic E-state index is 12.7. The van der Waals surface area contributed by atoms with Crippen LogP contribution in [0.5, 0.6) is 0 Å². The Morgan fingerprint density at radius 1 is 0.618 bits per heavy atom. The SMILES string of the molecule is CCOC(=O)C(O)(Cc1ccc(CC(O)(C(=O)OCC)c2ccccc2)cc1)c1ccccc1. The van der Waals surface area contributed by atoms with E-state index in [0.29, 0.717) is 22.3 Å². The van der Waals surface area contributed by atoms with E-state index in [2.05, 4.69) is 0 Å². The Balaban J connectivity index is 1.87. The van der Waals surface area contributed by atoms with Crippen LogP contribution in [0.3, 0.4) is 0 Å². The predicted octanol–water partition coefficient (Wildman–Crippen LogP) is 3.67. The highest BCUT2D eigenvalue weighted by Crippen LogP contribution is 2.30. The molecule has 2 unspecified atom stereocenters. The van der Waals surface area contributed by atoms with Crippen molar-refractivity contribution in [1.82, 2.24) is 0 Å². The van der Waals surface area contributed by atoms with Crippen LogP contribution in [0.4, 0.5) is 0 Å². The van der Waals surface area contributed by atoms with Crippen molar-refractivity contribution in [2.45, 2.75) is 37.9 Å². The maximum atomic E-state index is 12.7. The normalized spacial score (nSPS) is 14.5. The third kappa shape index (κ3) is 5.53. The molecule has 2 atom stereocenters. The fourth-order valence-electron chi connectivity index (χ4n) is 3.88. The summed E-state index contributed by atoms with van der Waals surface area (Å²) in [6, 6.07) is 24.4. The maximum Gasteiger partial charge on any atom is 0.343 e. The van der Waals surface area contributed by atoms with Crippen LogP contribution in [0.2, 0.25) is 0 Å². The van der Waals surface area contributed by atoms with Crippen LogP contribution in [0, 0.1) is 0 Å². The standard InChI is InChI=1S/C28H30O6/c1-3-33-25(29)27(31,23-11-7-5-8-12-23)19-21-15-17-22(18-16-21)20-28(32,26(30)34-4-2)24-13-9-6-10-14-24/h5-18,31-32H,3-4,19-20H2,1-2H3. The van der Waals surface area contributed by atoms with Gasteiger partial charge < -0.3 is 19.7 Å². The molecule has 178 valence electrons. The van der Waals surface area contributed by atoms with Gasteiger partial charge >= 0.3 is 11.9 Å². The molecule has 0 aliphatic heterocycles. The monoisotopic (exact) mass is 462 g/mol. The smallest absolute Gasteiger partial charge is 0.343 e. The molecule has 34 heavy (non-hydrogen) atoms. The predicted molar refractivity (Wildman–Crippen MR) is 128 cm³/mol. The van der Waals surface area contributed by atoms with Gasteiger partial charge in [-0.25, -0.2) is 9.59 Å². The van der Waals surface area contributed by atoms with E-state index in [9.17, 15) is 19.8 Å². The minimum atomic E-state index is -1.84. The van der Waals surface area contributed by atoms with Gasteiger partial charge in [-0.1, -0.05) is 84.9 Å². The summed E-state index contributed by atoms with van der Waals surface area (Å²) in [6.45, 7) is 3.68. The molecular weight excluding hydrogens is 432 g/mol. The van der Waals surface area contributed by atoms with Crippen LogP contribution in [-0.4, -0.2) is 35.4 Å². The number of esters is 2. The van der Waals surface area contributed by atoms with Gasteiger partial charge in [0.2, 0.25) is 0 Å². The Labute approximate surface area is 199 Å². The fraction of sp³-hybridized carbons (Fsp3) is 0.286. The average molecular weight is 463 g/mol. The van der Waals surface area contributed by atoms with Crippen LogP contribution >= 0.6 is 0 Å². The van der Waals surface area contributed by atoms with Crippen molar-refractivity contribution < 1.29 is 29.3 Å². The molecule has 6 nitrogen and oxygen atoms in total. The lowest BCUT2D eigenvalue weighted by Crippen LogP contribution is -2.40. The molecule has 0 amide bonds. The van der Waals surface area contributed by atoms with E-state index in [1.165, 1.54) is 0 Å². The number of hydrogen-bond donors (Lipinski definition) is 2. The summed E-state index contributed by atoms with van der Waals surface area (Å²) in [5.41, 5.74) is -1.40. The van der Waals surface area contributed by atoms with Gasteiger partial charge in [-0.2, -0.15) is 0 Å². The third-order valence-electron chi connectivity index (χ3n) is 5.67. The average Bonchev–Trinajstić information content (AvgIpc) is 2.86. The highest BCUT2D eigenvalue weighted by molar-refractivity contribution is 5.82. The number of carbonyl (C=O) groups is 2. The summed E-state index contributed by atoms with van der Waals surface area (Å²) in [4.78, 5) is 25.3. The molecule has 0 saturated heterocycles. The van der Waals surface area contributed by atoms with E-state index >= 15 is 0 Å². The highest BCUT2D eigenvalue weighted by atomic mass is 16.6. The van der Waals surface area contributed by atoms with E-state index in [-0.39, 0.29) is 26.1 Å². The largest absolute Gasteiger partial charge is 0.464 e. The van der Waals surface area contributed by atoms with Gasteiger partial charge in [-0.3, -0.25) is 0 Å². The van der Waals surface area contributed by atoms with Gasteiger partial charge in [0, 0.05) is 12.8 Å². The van der Waals surface area contributed by atoms with Crippen molar-refractivity contribution >= 4 is 11.9 Å². The minimum Gasteiger partial charge on any atom is -0.464 e. The van der Waals surface area contributed by atoms with Crippen molar-refractivity contribution in [1.29, 1.82) is 0 Å². The number of aliphatic hydroxyl groups is 2. The molecule has 6 heteroatoms. The Morgan fingerprint density at radius 3 is 1.24 bits per heavy atom. The quantitative estimate of drug-likeness (QED) is 0.447. The van der Waals surface area contributed by atoms with Crippen molar-refractivity contribution in [3.05, 3.63) is 107 Å². The Hall–Kier alpha value is -3.48. The molecule has 0 aromatic heterocycles. The molecule has 3 aromatic carbocycles. The van der Waals surface area contributed by atoms with Crippen LogP contribution in [0.1, 0.15) is 36.1 Å². The van der Waals surface area contributed by atoms with E-state index in [0.717, 1.165) is 0 Å². The van der Waals surface area contributed by atoms with Crippen molar-refractivity contribution in [3.63, 3.8) is 0 Å². The highest BCUT2D eigenvalue weighted by Gasteiger charge is 2.41. The van der Waals surface area contributed by atoms with Crippen molar-refractivity contribution in [3.8, 4) is 0 Å². The van der Waals surface area contributed by atoms with E-state index in [1.54, 1.807) is 98.8 Å². The Kier molecular flexibility index (Phi) is 8.21. The van der Waals surface area contributed by atoms with Crippen LogP contribution in [0.25, 0.3) is 0 Å². The Bertz CT molecular complexity index is 992. The van der Waals surface area contributed by atoms with Crippen LogP contribution < -0.4 is 0 Å². The first-order valence-electron chi connectivity index (χ1n) is 11.3. The molecule has 0 bridgehead atoms. The molecular formula is C28H30O6. The fourth-order valence-corrected chi connectivity index (χ4v) is 3.88. The number of ether oxygens (including phenoxy) is 2. The molecule has 0 radical (unpaired) electrons. The van der Waals surface area contributed by atoms with Gasteiger partial charge in [0.15, 0.2) is 11.2 Å². The van der Waals surface area contributed by atoms with Crippen molar-refractivity contribution in [2.24, 2.45) is 0 Å². The molecule has 0 spiro atoms. The van der Waals surface area contributed by atoms with Gasteiger partial charge in [0.1, 0.15) is 0 Å². The van der Waals surface area contributed by atoms with E-state index < -0.39 is 23.1 Å². The lowest BCUT2D eigenvalue weighted by Gasteiger charge is -2.27. The second kappa shape index (κ2) is 11.1. The summed E-state index contributed by atoms with van der Waals surface area (Å²) in [5, 5.41) is 22.6. The summed E-state index contributed by atoms with van der Waals surface area (Å²) in [5.74, 6) is -1.43. The molecule has 0 aliphatic carbocycles. The molecule has 0 heterocycles. The molecule has 0 aliphatic rings. The van der Waals surface area contributed by atoms with E-state index in [1.807, 2.05) is 0 Å². The van der Waals surface area contributed by atoms with Crippen LogP contribution in [-0.2, 0) is 43.1 Å². The van der Waals surface area contributed by atoms with E-state index in [4.69, 9.17) is 9.47 Å². The first-order valence-corrected chi connectivity index (χ1v) is 11.3. The van der Waals surface area contributed by atoms with Gasteiger partial charge in [0.05, 0.1) is 13.2 Å². The second-order valence-corrected chi connectivity index (χ2v) is 8.06. The molecule has 3 aromatic rings. The molecule has 0 saturated carbocycles. The van der Waals surface area contributed by atoms with Gasteiger partial charge in [-0.15, -0.1) is 0 Å². The molecule has 0 fully saturated rings. The first kappa shape index (κ1) is 25.1. The summed E-state index contributed by atoms with van der Waals surface area (Å²) < 4.78 is 10.3. The van der Waals surface area contributed by atoms with Crippen LogP contribution in [0.15, 0.2) is 84.9 Å². The third-order valence-corrected chi connectivity index (χ3v) is 5.67. The number of carbonyl (C=O) groups excluding carboxylic acids is 2. The summed E-state index contributed by atoms with van der Waals surface area (Å²) in [6.07, 6.45) is 0.0217. The zero-order chi connectivity index (χ0) is 24.6. The van der Waals surface area contributed by atoms with Gasteiger partial charge in [-0.05, 0) is 36.1 Å². The second-order valence-electron chi connectivity index (χ2n) is 8.06. The minimum absolute atomic E-state index is 0.0109. The summed E-state index contributed by atoms with van der Waals surface area (Å²) in [7, 11) is 0. The zero-order valence-corrected chi connectivity index (χ0v) is 19.4. The summed E-state index contributed by atoms with van der Waals surface area (Å²) >= 11 is 0. The van der Waals surface area contributed by atoms with Crippen molar-refractivity contribution in [2.75, 3.05) is 13.2 Å². The zero-order valence-electron chi connectivity index (χ0n) is 19.4. The lowest BCUT2D eigenvalue weighted by molar-refractivity contribution is -0.166. The molecule has 2 N–H and O–H groups in total. The Morgan fingerprint density at radius 2 is 0.941 bits per heavy atom.